The summed E-state index contributed by atoms with van der Waals surface area (Å²) in [6.45, 7) is 4.48. The van der Waals surface area contributed by atoms with Crippen LogP contribution in [0.5, 0.6) is 0 Å². The van der Waals surface area contributed by atoms with E-state index in [-0.39, 0.29) is 27.6 Å². The van der Waals surface area contributed by atoms with E-state index in [2.05, 4.69) is 36.1 Å². The quantitative estimate of drug-likeness (QED) is 0.596. The first-order valence-corrected chi connectivity index (χ1v) is 13.7. The number of hydrogen-bond donors (Lipinski definition) is 1. The zero-order chi connectivity index (χ0) is 25.2. The fourth-order valence-electron chi connectivity index (χ4n) is 8.22. The highest BCUT2D eigenvalue weighted by atomic mass is 32.2. The SMILES string of the molecule is C[C@@]12C[C@H](O)[C@H]3[C@@H](CCC4=Cc5c(cnn5-c5ccc(F)nc5)C[C@@]43C)[C@@H]1CC[C]2C(=O)SCC#N. The van der Waals surface area contributed by atoms with Gasteiger partial charge in [0, 0.05) is 0 Å². The van der Waals surface area contributed by atoms with E-state index in [1.807, 2.05) is 10.9 Å². The van der Waals surface area contributed by atoms with Gasteiger partial charge in [-0.3, -0.25) is 4.79 Å². The van der Waals surface area contributed by atoms with Gasteiger partial charge >= 0.3 is 0 Å². The molecule has 0 unspecified atom stereocenters. The van der Waals surface area contributed by atoms with Crippen molar-refractivity contribution in [2.75, 3.05) is 5.75 Å². The number of aromatic nitrogens is 3. The summed E-state index contributed by atoms with van der Waals surface area (Å²) in [6, 6.07) is 5.10. The van der Waals surface area contributed by atoms with E-state index < -0.39 is 12.1 Å². The summed E-state index contributed by atoms with van der Waals surface area (Å²) in [5.41, 5.74) is 3.76. The van der Waals surface area contributed by atoms with E-state index in [1.54, 1.807) is 6.07 Å². The maximum Gasteiger partial charge on any atom is 0.212 e. The third-order valence-corrected chi connectivity index (χ3v) is 10.5. The van der Waals surface area contributed by atoms with Gasteiger partial charge in [0.05, 0.1) is 47.6 Å². The molecule has 0 saturated heterocycles. The summed E-state index contributed by atoms with van der Waals surface area (Å²) in [5, 5.41) is 25.3. The van der Waals surface area contributed by atoms with E-state index in [0.29, 0.717) is 18.3 Å². The Morgan fingerprint density at radius 2 is 2.11 bits per heavy atom. The lowest BCUT2D eigenvalue weighted by molar-refractivity contribution is -0.121. The average molecular weight is 506 g/mol. The van der Waals surface area contributed by atoms with Crippen molar-refractivity contribution in [1.29, 1.82) is 5.26 Å². The van der Waals surface area contributed by atoms with E-state index in [1.165, 1.54) is 17.8 Å². The van der Waals surface area contributed by atoms with Crippen molar-refractivity contribution in [3.05, 3.63) is 53.2 Å². The van der Waals surface area contributed by atoms with Crippen LogP contribution in [0.3, 0.4) is 0 Å². The molecule has 2 heterocycles. The fourth-order valence-corrected chi connectivity index (χ4v) is 8.92. The van der Waals surface area contributed by atoms with Crippen molar-refractivity contribution in [3.63, 3.8) is 0 Å². The number of halogens is 1. The maximum absolute atomic E-state index is 13.4. The highest BCUT2D eigenvalue weighted by Crippen LogP contribution is 2.67. The lowest BCUT2D eigenvalue weighted by atomic mass is 9.46. The zero-order valence-corrected chi connectivity index (χ0v) is 21.4. The molecule has 1 radical (unpaired) electrons. The summed E-state index contributed by atoms with van der Waals surface area (Å²) in [7, 11) is 0. The minimum absolute atomic E-state index is 0.0415. The smallest absolute Gasteiger partial charge is 0.212 e. The molecule has 3 saturated carbocycles. The Morgan fingerprint density at radius 1 is 1.28 bits per heavy atom. The van der Waals surface area contributed by atoms with Crippen LogP contribution in [0.4, 0.5) is 4.39 Å². The van der Waals surface area contributed by atoms with E-state index >= 15 is 0 Å². The minimum atomic E-state index is -0.514. The number of hydrogen-bond acceptors (Lipinski definition) is 6. The van der Waals surface area contributed by atoms with Crippen LogP contribution in [-0.4, -0.2) is 36.8 Å². The Kier molecular flexibility index (Phi) is 5.65. The summed E-state index contributed by atoms with van der Waals surface area (Å²) in [5.74, 6) is 1.44. The monoisotopic (exact) mass is 505 g/mol. The number of thioether (sulfide) groups is 1. The number of fused-ring (bicyclic) bond motifs is 6. The summed E-state index contributed by atoms with van der Waals surface area (Å²) >= 11 is 1.11. The van der Waals surface area contributed by atoms with Gasteiger partial charge in [-0.1, -0.05) is 31.2 Å². The zero-order valence-electron chi connectivity index (χ0n) is 20.6. The number of carbonyl (C=O) groups is 1. The van der Waals surface area contributed by atoms with Crippen molar-refractivity contribution < 1.29 is 14.3 Å². The highest BCUT2D eigenvalue weighted by Gasteiger charge is 2.63. The van der Waals surface area contributed by atoms with Gasteiger partial charge in [-0.05, 0) is 90.9 Å². The number of aliphatic hydroxyl groups excluding tert-OH is 1. The van der Waals surface area contributed by atoms with Crippen LogP contribution >= 0.6 is 11.8 Å². The molecule has 0 amide bonds. The van der Waals surface area contributed by atoms with E-state index in [4.69, 9.17) is 5.26 Å². The number of aliphatic hydroxyl groups is 1. The molecule has 4 aliphatic rings. The lowest BCUT2D eigenvalue weighted by Crippen LogP contribution is -2.57. The third kappa shape index (κ3) is 3.42. The number of nitriles is 1. The molecule has 2 aromatic rings. The summed E-state index contributed by atoms with van der Waals surface area (Å²) < 4.78 is 15.2. The molecule has 0 aliphatic heterocycles. The number of nitrogens with zero attached hydrogens (tertiary/aromatic N) is 4. The molecule has 6 rings (SSSR count). The topological polar surface area (TPSA) is 91.8 Å². The Balaban J connectivity index is 1.32. The highest BCUT2D eigenvalue weighted by molar-refractivity contribution is 8.14. The van der Waals surface area contributed by atoms with Crippen LogP contribution in [0, 0.1) is 51.8 Å². The molecule has 8 heteroatoms. The average Bonchev–Trinajstić information content (AvgIpc) is 3.40. The molecular formula is C28H30FN4O2S. The van der Waals surface area contributed by atoms with Crippen molar-refractivity contribution in [2.24, 2.45) is 28.6 Å². The van der Waals surface area contributed by atoms with E-state index in [0.717, 1.165) is 66.7 Å². The molecule has 0 aromatic carbocycles. The normalized spacial score (nSPS) is 35.1. The number of carbonyl (C=O) groups excluding carboxylic acids is 1. The van der Waals surface area contributed by atoms with Crippen LogP contribution in [0.1, 0.15) is 57.2 Å². The van der Waals surface area contributed by atoms with Crippen molar-refractivity contribution >= 4 is 23.0 Å². The Bertz CT molecular complexity index is 1280. The van der Waals surface area contributed by atoms with Gasteiger partial charge in [-0.25, -0.2) is 9.67 Å². The van der Waals surface area contributed by atoms with Gasteiger partial charge in [-0.15, -0.1) is 0 Å². The molecule has 1 N–H and O–H groups in total. The number of rotatable bonds is 3. The van der Waals surface area contributed by atoms with Gasteiger partial charge < -0.3 is 5.11 Å². The Hall–Kier alpha value is -2.50. The van der Waals surface area contributed by atoms with Crippen LogP contribution in [0.2, 0.25) is 0 Å². The predicted octanol–water partition coefficient (Wildman–Crippen LogP) is 4.92. The van der Waals surface area contributed by atoms with Crippen molar-refractivity contribution in [3.8, 4) is 11.8 Å². The molecule has 187 valence electrons. The predicted molar refractivity (Wildman–Crippen MR) is 135 cm³/mol. The number of pyridine rings is 1. The maximum atomic E-state index is 13.4. The number of allylic oxidation sites excluding steroid dienone is 1. The van der Waals surface area contributed by atoms with Gasteiger partial charge in [-0.2, -0.15) is 14.8 Å². The van der Waals surface area contributed by atoms with Gasteiger partial charge in [0.2, 0.25) is 5.95 Å². The summed E-state index contributed by atoms with van der Waals surface area (Å²) in [4.78, 5) is 16.7. The van der Waals surface area contributed by atoms with Gasteiger partial charge in [0.1, 0.15) is 0 Å². The second-order valence-electron chi connectivity index (χ2n) is 11.3. The fraction of sp³-hybridized carbons (Fsp3) is 0.536. The summed E-state index contributed by atoms with van der Waals surface area (Å²) in [6.07, 6.45) is 10.2. The Labute approximate surface area is 215 Å². The standard InChI is InChI=1S/C28H30FN4O2S/c1-27-12-16-14-32-33(18-4-8-24(29)31-15-18)22(16)11-17(27)3-5-19-20-6-7-21(26(35)36-10-9-30)28(20,2)13-23(34)25(19)27/h4,8,11,14-15,19-20,23,25,34H,3,5-7,10,12-13H2,1-2H3/t19-,20-,23-,25+,27-,28+/m0/s1. The second kappa shape index (κ2) is 8.53. The van der Waals surface area contributed by atoms with Crippen LogP contribution in [0.25, 0.3) is 11.8 Å². The largest absolute Gasteiger partial charge is 0.393 e. The minimum Gasteiger partial charge on any atom is -0.393 e. The molecule has 36 heavy (non-hydrogen) atoms. The Morgan fingerprint density at radius 3 is 2.86 bits per heavy atom. The third-order valence-electron chi connectivity index (χ3n) is 9.68. The lowest BCUT2D eigenvalue weighted by Gasteiger charge is -2.59. The first kappa shape index (κ1) is 23.9. The molecule has 6 atom stereocenters. The second-order valence-corrected chi connectivity index (χ2v) is 12.3. The molecule has 0 spiro atoms. The van der Waals surface area contributed by atoms with Crippen molar-refractivity contribution in [1.82, 2.24) is 14.8 Å². The van der Waals surface area contributed by atoms with E-state index in [9.17, 15) is 14.3 Å². The molecule has 0 bridgehead atoms. The molecular weight excluding hydrogens is 475 g/mol. The van der Waals surface area contributed by atoms with Crippen LogP contribution in [-0.2, 0) is 11.2 Å². The van der Waals surface area contributed by atoms with Gasteiger partial charge in [0.25, 0.3) is 0 Å². The first-order chi connectivity index (χ1) is 17.3. The first-order valence-electron chi connectivity index (χ1n) is 12.7. The van der Waals surface area contributed by atoms with Crippen LogP contribution < -0.4 is 0 Å². The molecule has 3 fully saturated rings. The molecule has 4 aliphatic carbocycles. The van der Waals surface area contributed by atoms with Gasteiger partial charge in [0.15, 0.2) is 5.12 Å². The molecule has 6 nitrogen and oxygen atoms in total. The van der Waals surface area contributed by atoms with Crippen molar-refractivity contribution in [2.45, 2.75) is 58.5 Å². The molecule has 2 aromatic heterocycles. The van der Waals surface area contributed by atoms with Crippen LogP contribution in [0.15, 0.2) is 30.1 Å².